The predicted molar refractivity (Wildman–Crippen MR) is 55.1 cm³/mol. The smallest absolute Gasteiger partial charge is 0.0831 e. The van der Waals surface area contributed by atoms with E-state index in [1.165, 1.54) is 0 Å². The van der Waals surface area contributed by atoms with Gasteiger partial charge in [0.05, 0.1) is 12.2 Å². The number of alkyl halides is 1. The average Bonchev–Trinajstić information content (AvgIpc) is 2.72. The van der Waals surface area contributed by atoms with E-state index in [1.54, 1.807) is 12.4 Å². The lowest BCUT2D eigenvalue weighted by molar-refractivity contribution is 0.672. The molecule has 72 valence electrons. The zero-order valence-corrected chi connectivity index (χ0v) is 8.35. The van der Waals surface area contributed by atoms with Gasteiger partial charge in [0.25, 0.3) is 0 Å². The van der Waals surface area contributed by atoms with Crippen molar-refractivity contribution in [3.05, 3.63) is 48.0 Å². The fourth-order valence-electron chi connectivity index (χ4n) is 1.19. The van der Waals surface area contributed by atoms with Crippen LogP contribution in [-0.2, 0) is 12.4 Å². The van der Waals surface area contributed by atoms with Gasteiger partial charge in [-0.15, -0.1) is 11.6 Å². The molecule has 0 saturated heterocycles. The normalized spacial score (nSPS) is 10.4. The van der Waals surface area contributed by atoms with Gasteiger partial charge in [-0.3, -0.25) is 9.67 Å². The highest BCUT2D eigenvalue weighted by Gasteiger charge is 1.96. The molecule has 2 rings (SSSR count). The molecular formula is C10H10ClN3. The molecule has 0 aliphatic rings. The third-order valence-corrected chi connectivity index (χ3v) is 2.23. The molecule has 2 aromatic rings. The van der Waals surface area contributed by atoms with Crippen molar-refractivity contribution < 1.29 is 0 Å². The standard InChI is InChI=1S/C10H10ClN3/c11-6-9-2-3-10(12-7-9)8-14-5-1-4-13-14/h1-5,7H,6,8H2. The van der Waals surface area contributed by atoms with Gasteiger partial charge in [0.2, 0.25) is 0 Å². The lowest BCUT2D eigenvalue weighted by atomic mass is 10.3. The Hall–Kier alpha value is -1.35. The van der Waals surface area contributed by atoms with Crippen molar-refractivity contribution in [2.24, 2.45) is 0 Å². The van der Waals surface area contributed by atoms with Crippen molar-refractivity contribution in [1.82, 2.24) is 14.8 Å². The molecule has 0 bridgehead atoms. The molecule has 3 nitrogen and oxygen atoms in total. The number of rotatable bonds is 3. The summed E-state index contributed by atoms with van der Waals surface area (Å²) >= 11 is 5.66. The van der Waals surface area contributed by atoms with Gasteiger partial charge in [0.15, 0.2) is 0 Å². The Morgan fingerprint density at radius 3 is 2.86 bits per heavy atom. The summed E-state index contributed by atoms with van der Waals surface area (Å²) in [6, 6.07) is 5.85. The summed E-state index contributed by atoms with van der Waals surface area (Å²) in [5.41, 5.74) is 2.03. The lowest BCUT2D eigenvalue weighted by Gasteiger charge is -2.01. The third-order valence-electron chi connectivity index (χ3n) is 1.92. The molecule has 4 heteroatoms. The molecule has 0 N–H and O–H groups in total. The summed E-state index contributed by atoms with van der Waals surface area (Å²) in [4.78, 5) is 4.28. The zero-order valence-electron chi connectivity index (χ0n) is 7.60. The molecule has 0 radical (unpaired) electrons. The van der Waals surface area contributed by atoms with Crippen LogP contribution in [0, 0.1) is 0 Å². The number of pyridine rings is 1. The Kier molecular flexibility index (Phi) is 2.79. The van der Waals surface area contributed by atoms with Crippen LogP contribution in [0.1, 0.15) is 11.3 Å². The van der Waals surface area contributed by atoms with Crippen molar-refractivity contribution in [3.63, 3.8) is 0 Å². The fourth-order valence-corrected chi connectivity index (χ4v) is 1.35. The lowest BCUT2D eigenvalue weighted by Crippen LogP contribution is -2.01. The van der Waals surface area contributed by atoms with E-state index in [0.29, 0.717) is 12.4 Å². The van der Waals surface area contributed by atoms with Crippen molar-refractivity contribution in [3.8, 4) is 0 Å². The van der Waals surface area contributed by atoms with Crippen LogP contribution in [0.5, 0.6) is 0 Å². The Bertz CT molecular complexity index is 380. The summed E-state index contributed by atoms with van der Waals surface area (Å²) in [6.45, 7) is 0.704. The molecule has 0 aromatic carbocycles. The zero-order chi connectivity index (χ0) is 9.80. The molecule has 0 amide bonds. The summed E-state index contributed by atoms with van der Waals surface area (Å²) < 4.78 is 1.84. The molecule has 0 saturated carbocycles. The van der Waals surface area contributed by atoms with Gasteiger partial charge in [-0.25, -0.2) is 0 Å². The minimum Gasteiger partial charge on any atom is -0.267 e. The van der Waals surface area contributed by atoms with Crippen LogP contribution in [0.15, 0.2) is 36.8 Å². The second-order valence-electron chi connectivity index (χ2n) is 3.00. The van der Waals surface area contributed by atoms with E-state index in [0.717, 1.165) is 11.3 Å². The highest BCUT2D eigenvalue weighted by Crippen LogP contribution is 2.04. The monoisotopic (exact) mass is 207 g/mol. The van der Waals surface area contributed by atoms with Crippen LogP contribution in [0.2, 0.25) is 0 Å². The fraction of sp³-hybridized carbons (Fsp3) is 0.200. The molecule has 14 heavy (non-hydrogen) atoms. The first-order valence-corrected chi connectivity index (χ1v) is 4.89. The van der Waals surface area contributed by atoms with Crippen LogP contribution >= 0.6 is 11.6 Å². The van der Waals surface area contributed by atoms with Crippen molar-refractivity contribution in [1.29, 1.82) is 0 Å². The molecule has 0 unspecified atom stereocenters. The number of hydrogen-bond acceptors (Lipinski definition) is 2. The first kappa shape index (κ1) is 9.21. The van der Waals surface area contributed by atoms with E-state index in [4.69, 9.17) is 11.6 Å². The molecule has 2 aromatic heterocycles. The maximum atomic E-state index is 5.66. The van der Waals surface area contributed by atoms with E-state index < -0.39 is 0 Å². The maximum absolute atomic E-state index is 5.66. The molecule has 0 fully saturated rings. The van der Waals surface area contributed by atoms with Gasteiger partial charge in [-0.05, 0) is 17.7 Å². The van der Waals surface area contributed by atoms with E-state index in [1.807, 2.05) is 29.1 Å². The average molecular weight is 208 g/mol. The summed E-state index contributed by atoms with van der Waals surface area (Å²) in [7, 11) is 0. The molecule has 0 aliphatic carbocycles. The maximum Gasteiger partial charge on any atom is 0.0831 e. The van der Waals surface area contributed by atoms with Gasteiger partial charge < -0.3 is 0 Å². The minimum atomic E-state index is 0.509. The predicted octanol–water partition coefficient (Wildman–Crippen LogP) is 2.07. The highest BCUT2D eigenvalue weighted by molar-refractivity contribution is 6.17. The highest BCUT2D eigenvalue weighted by atomic mass is 35.5. The summed E-state index contributed by atoms with van der Waals surface area (Å²) in [5, 5.41) is 4.10. The Labute approximate surface area is 87.3 Å². The SMILES string of the molecule is ClCc1ccc(Cn2cccn2)nc1. The molecular weight excluding hydrogens is 198 g/mol. The molecule has 2 heterocycles. The quantitative estimate of drug-likeness (QED) is 0.722. The largest absolute Gasteiger partial charge is 0.267 e. The number of aromatic nitrogens is 3. The van der Waals surface area contributed by atoms with Crippen LogP contribution in [0.4, 0.5) is 0 Å². The van der Waals surface area contributed by atoms with Crippen LogP contribution in [0.25, 0.3) is 0 Å². The van der Waals surface area contributed by atoms with Crippen LogP contribution < -0.4 is 0 Å². The molecule has 0 atom stereocenters. The van der Waals surface area contributed by atoms with E-state index in [2.05, 4.69) is 10.1 Å². The summed E-state index contributed by atoms with van der Waals surface area (Å²) in [5.74, 6) is 0.509. The first-order valence-electron chi connectivity index (χ1n) is 4.35. The van der Waals surface area contributed by atoms with Gasteiger partial charge in [-0.2, -0.15) is 5.10 Å². The van der Waals surface area contributed by atoms with Gasteiger partial charge in [-0.1, -0.05) is 6.07 Å². The van der Waals surface area contributed by atoms with Crippen molar-refractivity contribution in [2.75, 3.05) is 0 Å². The van der Waals surface area contributed by atoms with E-state index >= 15 is 0 Å². The van der Waals surface area contributed by atoms with Gasteiger partial charge >= 0.3 is 0 Å². The first-order chi connectivity index (χ1) is 6.88. The van der Waals surface area contributed by atoms with E-state index in [9.17, 15) is 0 Å². The third kappa shape index (κ3) is 2.12. The van der Waals surface area contributed by atoms with Gasteiger partial charge in [0, 0.05) is 24.5 Å². The topological polar surface area (TPSA) is 30.7 Å². The number of nitrogens with zero attached hydrogens (tertiary/aromatic N) is 3. The second kappa shape index (κ2) is 4.24. The number of hydrogen-bond donors (Lipinski definition) is 0. The van der Waals surface area contributed by atoms with E-state index in [-0.39, 0.29) is 0 Å². The Balaban J connectivity index is 2.10. The molecule has 0 aliphatic heterocycles. The van der Waals surface area contributed by atoms with Crippen molar-refractivity contribution in [2.45, 2.75) is 12.4 Å². The Morgan fingerprint density at radius 1 is 1.36 bits per heavy atom. The van der Waals surface area contributed by atoms with Gasteiger partial charge in [0.1, 0.15) is 0 Å². The van der Waals surface area contributed by atoms with Crippen LogP contribution in [0.3, 0.4) is 0 Å². The second-order valence-corrected chi connectivity index (χ2v) is 3.26. The number of halogens is 1. The van der Waals surface area contributed by atoms with Crippen LogP contribution in [-0.4, -0.2) is 14.8 Å². The summed E-state index contributed by atoms with van der Waals surface area (Å²) in [6.07, 6.45) is 5.47. The van der Waals surface area contributed by atoms with Crippen molar-refractivity contribution >= 4 is 11.6 Å². The minimum absolute atomic E-state index is 0.509. The Morgan fingerprint density at radius 2 is 2.29 bits per heavy atom. The molecule has 0 spiro atoms.